The molecule has 2 heteroatoms. The van der Waals surface area contributed by atoms with Crippen molar-refractivity contribution in [3.05, 3.63) is 47.7 Å². The highest BCUT2D eigenvalue weighted by Gasteiger charge is 2.03. The summed E-state index contributed by atoms with van der Waals surface area (Å²) in [5, 5.41) is 0. The first-order valence-electron chi connectivity index (χ1n) is 5.28. The average Bonchev–Trinajstić information content (AvgIpc) is 2.29. The first-order chi connectivity index (χ1) is 7.70. The molecule has 0 aliphatic carbocycles. The van der Waals surface area contributed by atoms with Gasteiger partial charge in [-0.05, 0) is 36.6 Å². The van der Waals surface area contributed by atoms with Crippen molar-refractivity contribution in [3.8, 4) is 17.0 Å². The molecule has 2 aromatic rings. The monoisotopic (exact) mass is 213 g/mol. The Morgan fingerprint density at radius 2 is 1.88 bits per heavy atom. The van der Waals surface area contributed by atoms with Crippen molar-refractivity contribution in [2.75, 3.05) is 7.11 Å². The molecule has 1 aromatic carbocycles. The number of rotatable bonds is 2. The Labute approximate surface area is 95.9 Å². The Kier molecular flexibility index (Phi) is 2.91. The Bertz CT molecular complexity index is 506. The lowest BCUT2D eigenvalue weighted by Gasteiger charge is -2.08. The van der Waals surface area contributed by atoms with E-state index in [9.17, 15) is 0 Å². The molecule has 0 aliphatic heterocycles. The van der Waals surface area contributed by atoms with Crippen LogP contribution in [-0.4, -0.2) is 12.1 Å². The van der Waals surface area contributed by atoms with Gasteiger partial charge < -0.3 is 4.74 Å². The number of nitrogens with zero attached hydrogens (tertiary/aromatic N) is 1. The van der Waals surface area contributed by atoms with Crippen LogP contribution >= 0.6 is 0 Å². The van der Waals surface area contributed by atoms with Crippen molar-refractivity contribution in [1.29, 1.82) is 0 Å². The number of hydrogen-bond donors (Lipinski definition) is 0. The predicted octanol–water partition coefficient (Wildman–Crippen LogP) is 3.37. The summed E-state index contributed by atoms with van der Waals surface area (Å²) in [6.07, 6.45) is 1.77. The third-order valence-electron chi connectivity index (χ3n) is 2.64. The van der Waals surface area contributed by atoms with E-state index in [1.54, 1.807) is 13.3 Å². The third kappa shape index (κ3) is 2.06. The smallest absolute Gasteiger partial charge is 0.213 e. The Balaban J connectivity index is 2.49. The van der Waals surface area contributed by atoms with Crippen molar-refractivity contribution in [3.63, 3.8) is 0 Å². The molecule has 82 valence electrons. The second kappa shape index (κ2) is 4.35. The zero-order valence-electron chi connectivity index (χ0n) is 9.82. The predicted molar refractivity (Wildman–Crippen MR) is 65.7 cm³/mol. The van der Waals surface area contributed by atoms with Crippen LogP contribution in [-0.2, 0) is 0 Å². The number of pyridine rings is 1. The van der Waals surface area contributed by atoms with Gasteiger partial charge in [0.05, 0.1) is 7.11 Å². The van der Waals surface area contributed by atoms with Gasteiger partial charge in [0, 0.05) is 12.3 Å². The highest BCUT2D eigenvalue weighted by molar-refractivity contribution is 5.68. The topological polar surface area (TPSA) is 22.1 Å². The van der Waals surface area contributed by atoms with Gasteiger partial charge in [-0.15, -0.1) is 0 Å². The maximum atomic E-state index is 5.13. The van der Waals surface area contributed by atoms with Gasteiger partial charge in [0.15, 0.2) is 0 Å². The summed E-state index contributed by atoms with van der Waals surface area (Å²) < 4.78 is 5.13. The minimum absolute atomic E-state index is 0.650. The molecular weight excluding hydrogens is 198 g/mol. The normalized spacial score (nSPS) is 10.2. The number of hydrogen-bond acceptors (Lipinski definition) is 2. The van der Waals surface area contributed by atoms with Gasteiger partial charge in [0.25, 0.3) is 0 Å². The van der Waals surface area contributed by atoms with Crippen LogP contribution in [0, 0.1) is 13.8 Å². The lowest BCUT2D eigenvalue weighted by atomic mass is 10.00. The molecule has 2 rings (SSSR count). The summed E-state index contributed by atoms with van der Waals surface area (Å²) in [6, 6.07) is 10.4. The molecule has 0 atom stereocenters. The first kappa shape index (κ1) is 10.7. The van der Waals surface area contributed by atoms with Crippen LogP contribution < -0.4 is 4.74 Å². The molecule has 0 saturated carbocycles. The van der Waals surface area contributed by atoms with Gasteiger partial charge in [-0.2, -0.15) is 0 Å². The van der Waals surface area contributed by atoms with E-state index in [0.717, 1.165) is 5.56 Å². The fourth-order valence-electron chi connectivity index (χ4n) is 1.83. The van der Waals surface area contributed by atoms with Crippen LogP contribution in [0.25, 0.3) is 11.1 Å². The molecule has 0 amide bonds. The van der Waals surface area contributed by atoms with Crippen molar-refractivity contribution in [2.24, 2.45) is 0 Å². The second-order valence-electron chi connectivity index (χ2n) is 3.91. The molecule has 0 fully saturated rings. The second-order valence-corrected chi connectivity index (χ2v) is 3.91. The molecule has 0 saturated heterocycles. The summed E-state index contributed by atoms with van der Waals surface area (Å²) in [5.41, 5.74) is 4.92. The zero-order valence-corrected chi connectivity index (χ0v) is 9.82. The summed E-state index contributed by atoms with van der Waals surface area (Å²) in [6.45, 7) is 4.22. The van der Waals surface area contributed by atoms with E-state index in [4.69, 9.17) is 4.74 Å². The molecule has 0 unspecified atom stereocenters. The van der Waals surface area contributed by atoms with Crippen molar-refractivity contribution in [1.82, 2.24) is 4.98 Å². The Morgan fingerprint density at radius 1 is 1.06 bits per heavy atom. The van der Waals surface area contributed by atoms with E-state index in [-0.39, 0.29) is 0 Å². The van der Waals surface area contributed by atoms with Crippen molar-refractivity contribution in [2.45, 2.75) is 13.8 Å². The summed E-state index contributed by atoms with van der Waals surface area (Å²) >= 11 is 0. The zero-order chi connectivity index (χ0) is 11.5. The van der Waals surface area contributed by atoms with Gasteiger partial charge in [-0.1, -0.05) is 23.8 Å². The van der Waals surface area contributed by atoms with Crippen LogP contribution in [0.5, 0.6) is 5.88 Å². The summed E-state index contributed by atoms with van der Waals surface area (Å²) in [5.74, 6) is 0.650. The van der Waals surface area contributed by atoms with Gasteiger partial charge in [-0.25, -0.2) is 4.98 Å². The van der Waals surface area contributed by atoms with E-state index < -0.39 is 0 Å². The standard InChI is InChI=1S/C14H15NO/c1-10-4-5-13(11(2)8-10)12-6-7-15-14(9-12)16-3/h4-9H,1-3H3. The molecule has 2 nitrogen and oxygen atoms in total. The number of aryl methyl sites for hydroxylation is 2. The SMILES string of the molecule is COc1cc(-c2ccc(C)cc2C)ccn1. The van der Waals surface area contributed by atoms with E-state index >= 15 is 0 Å². The number of benzene rings is 1. The summed E-state index contributed by atoms with van der Waals surface area (Å²) in [4.78, 5) is 4.11. The van der Waals surface area contributed by atoms with Crippen LogP contribution in [0.15, 0.2) is 36.5 Å². The fourth-order valence-corrected chi connectivity index (χ4v) is 1.83. The molecule has 0 spiro atoms. The van der Waals surface area contributed by atoms with Crippen LogP contribution in [0.2, 0.25) is 0 Å². The highest BCUT2D eigenvalue weighted by atomic mass is 16.5. The Morgan fingerprint density at radius 3 is 2.56 bits per heavy atom. The van der Waals surface area contributed by atoms with Crippen molar-refractivity contribution < 1.29 is 4.74 Å². The number of aromatic nitrogens is 1. The lowest BCUT2D eigenvalue weighted by molar-refractivity contribution is 0.398. The quantitative estimate of drug-likeness (QED) is 0.763. The van der Waals surface area contributed by atoms with E-state index in [1.807, 2.05) is 12.1 Å². The van der Waals surface area contributed by atoms with Gasteiger partial charge in [-0.3, -0.25) is 0 Å². The molecular formula is C14H15NO. The van der Waals surface area contributed by atoms with Gasteiger partial charge in [0.1, 0.15) is 0 Å². The molecule has 0 aliphatic rings. The lowest BCUT2D eigenvalue weighted by Crippen LogP contribution is -1.89. The largest absolute Gasteiger partial charge is 0.481 e. The van der Waals surface area contributed by atoms with Gasteiger partial charge >= 0.3 is 0 Å². The minimum Gasteiger partial charge on any atom is -0.481 e. The maximum absolute atomic E-state index is 5.13. The molecule has 1 heterocycles. The number of ether oxygens (including phenoxy) is 1. The van der Waals surface area contributed by atoms with E-state index in [1.165, 1.54) is 16.7 Å². The van der Waals surface area contributed by atoms with E-state index in [0.29, 0.717) is 5.88 Å². The molecule has 0 bridgehead atoms. The Hall–Kier alpha value is -1.83. The number of methoxy groups -OCH3 is 1. The molecule has 1 aromatic heterocycles. The van der Waals surface area contributed by atoms with Crippen molar-refractivity contribution >= 4 is 0 Å². The third-order valence-corrected chi connectivity index (χ3v) is 2.64. The van der Waals surface area contributed by atoms with E-state index in [2.05, 4.69) is 37.0 Å². The highest BCUT2D eigenvalue weighted by Crippen LogP contribution is 2.25. The minimum atomic E-state index is 0.650. The fraction of sp³-hybridized carbons (Fsp3) is 0.214. The van der Waals surface area contributed by atoms with Gasteiger partial charge in [0.2, 0.25) is 5.88 Å². The van der Waals surface area contributed by atoms with Crippen LogP contribution in [0.3, 0.4) is 0 Å². The molecule has 0 radical (unpaired) electrons. The maximum Gasteiger partial charge on any atom is 0.213 e. The first-order valence-corrected chi connectivity index (χ1v) is 5.28. The van der Waals surface area contributed by atoms with Crippen LogP contribution in [0.1, 0.15) is 11.1 Å². The summed E-state index contributed by atoms with van der Waals surface area (Å²) in [7, 11) is 1.63. The average molecular weight is 213 g/mol. The molecule has 16 heavy (non-hydrogen) atoms. The molecule has 0 N–H and O–H groups in total. The van der Waals surface area contributed by atoms with Crippen LogP contribution in [0.4, 0.5) is 0 Å².